The lowest BCUT2D eigenvalue weighted by Crippen LogP contribution is -2.32. The highest BCUT2D eigenvalue weighted by atomic mass is 16.4. The molecule has 0 aromatic heterocycles. The Kier molecular flexibility index (Phi) is 4.31. The Balaban J connectivity index is 2.82. The van der Waals surface area contributed by atoms with Crippen molar-refractivity contribution in [2.24, 2.45) is 5.41 Å². The van der Waals surface area contributed by atoms with Crippen molar-refractivity contribution in [3.8, 4) is 0 Å². The zero-order valence-electron chi connectivity index (χ0n) is 10.4. The van der Waals surface area contributed by atoms with Gasteiger partial charge >= 0.3 is 7.12 Å². The summed E-state index contributed by atoms with van der Waals surface area (Å²) in [6.45, 7) is 5.69. The first-order chi connectivity index (χ1) is 7.86. The number of benzene rings is 1. The summed E-state index contributed by atoms with van der Waals surface area (Å²) in [5.74, 6) is -0.0791. The Bertz CT molecular complexity index is 404. The molecule has 0 atom stereocenters. The monoisotopic (exact) mass is 235 g/mol. The van der Waals surface area contributed by atoms with Gasteiger partial charge in [0.2, 0.25) is 5.91 Å². The van der Waals surface area contributed by atoms with Gasteiger partial charge in [-0.2, -0.15) is 0 Å². The standard InChI is InChI=1S/C12H18BNO3/c1-4-12(2,3)11(15)14-10-7-5-6-9(8-10)13(16)17/h5-8,16-17H,4H2,1-3H3,(H,14,15). The second kappa shape index (κ2) is 5.34. The predicted molar refractivity (Wildman–Crippen MR) is 69.0 cm³/mol. The minimum atomic E-state index is -1.52. The van der Waals surface area contributed by atoms with E-state index in [2.05, 4.69) is 5.32 Å². The number of amides is 1. The molecule has 0 fully saturated rings. The molecular formula is C12H18BNO3. The summed E-state index contributed by atoms with van der Waals surface area (Å²) in [6.07, 6.45) is 0.737. The van der Waals surface area contributed by atoms with E-state index >= 15 is 0 Å². The van der Waals surface area contributed by atoms with Gasteiger partial charge in [-0.3, -0.25) is 4.79 Å². The first-order valence-electron chi connectivity index (χ1n) is 5.64. The summed E-state index contributed by atoms with van der Waals surface area (Å²) in [5, 5.41) is 20.8. The maximum atomic E-state index is 11.9. The minimum Gasteiger partial charge on any atom is -0.423 e. The lowest BCUT2D eigenvalue weighted by Gasteiger charge is -2.21. The topological polar surface area (TPSA) is 69.6 Å². The number of anilines is 1. The highest BCUT2D eigenvalue weighted by Crippen LogP contribution is 2.21. The molecule has 1 amide bonds. The summed E-state index contributed by atoms with van der Waals surface area (Å²) in [6, 6.07) is 6.53. The van der Waals surface area contributed by atoms with E-state index < -0.39 is 12.5 Å². The van der Waals surface area contributed by atoms with Crippen LogP contribution in [0.3, 0.4) is 0 Å². The van der Waals surface area contributed by atoms with Gasteiger partial charge in [0.15, 0.2) is 0 Å². The third-order valence-corrected chi connectivity index (χ3v) is 2.94. The summed E-state index contributed by atoms with van der Waals surface area (Å²) in [7, 11) is -1.52. The summed E-state index contributed by atoms with van der Waals surface area (Å²) >= 11 is 0. The van der Waals surface area contributed by atoms with Crippen molar-refractivity contribution >= 4 is 24.2 Å². The number of carbonyl (C=O) groups is 1. The normalized spacial score (nSPS) is 11.1. The highest BCUT2D eigenvalue weighted by Gasteiger charge is 2.25. The van der Waals surface area contributed by atoms with Crippen molar-refractivity contribution in [1.29, 1.82) is 0 Å². The van der Waals surface area contributed by atoms with Crippen LogP contribution in [0.1, 0.15) is 27.2 Å². The molecule has 5 heteroatoms. The van der Waals surface area contributed by atoms with Crippen molar-refractivity contribution in [2.45, 2.75) is 27.2 Å². The maximum absolute atomic E-state index is 11.9. The van der Waals surface area contributed by atoms with Crippen molar-refractivity contribution in [2.75, 3.05) is 5.32 Å². The molecule has 4 nitrogen and oxygen atoms in total. The van der Waals surface area contributed by atoms with E-state index in [1.165, 1.54) is 0 Å². The van der Waals surface area contributed by atoms with Crippen LogP contribution >= 0.6 is 0 Å². The fourth-order valence-electron chi connectivity index (χ4n) is 1.24. The number of rotatable bonds is 4. The van der Waals surface area contributed by atoms with Crippen molar-refractivity contribution in [1.82, 2.24) is 0 Å². The Morgan fingerprint density at radius 1 is 1.41 bits per heavy atom. The van der Waals surface area contributed by atoms with Gasteiger partial charge in [-0.15, -0.1) is 0 Å². The van der Waals surface area contributed by atoms with E-state index in [-0.39, 0.29) is 5.91 Å². The van der Waals surface area contributed by atoms with Gasteiger partial charge in [0.05, 0.1) is 0 Å². The maximum Gasteiger partial charge on any atom is 0.488 e. The van der Waals surface area contributed by atoms with Crippen LogP contribution < -0.4 is 10.8 Å². The molecule has 0 aliphatic rings. The molecule has 0 heterocycles. The van der Waals surface area contributed by atoms with E-state index in [9.17, 15) is 4.79 Å². The molecule has 0 aliphatic heterocycles. The predicted octanol–water partition coefficient (Wildman–Crippen LogP) is 0.741. The Morgan fingerprint density at radius 3 is 2.59 bits per heavy atom. The molecule has 1 aromatic rings. The molecule has 92 valence electrons. The molecule has 1 aromatic carbocycles. The first-order valence-corrected chi connectivity index (χ1v) is 5.64. The smallest absolute Gasteiger partial charge is 0.423 e. The van der Waals surface area contributed by atoms with E-state index in [1.807, 2.05) is 20.8 Å². The number of nitrogens with one attached hydrogen (secondary N) is 1. The fourth-order valence-corrected chi connectivity index (χ4v) is 1.24. The van der Waals surface area contributed by atoms with Crippen molar-refractivity contribution in [3.63, 3.8) is 0 Å². The van der Waals surface area contributed by atoms with Gasteiger partial charge in [-0.25, -0.2) is 0 Å². The van der Waals surface area contributed by atoms with Crippen LogP contribution in [0.25, 0.3) is 0 Å². The fraction of sp³-hybridized carbons (Fsp3) is 0.417. The van der Waals surface area contributed by atoms with Crippen LogP contribution in [0.15, 0.2) is 24.3 Å². The van der Waals surface area contributed by atoms with Gasteiger partial charge in [0.1, 0.15) is 0 Å². The van der Waals surface area contributed by atoms with Gasteiger partial charge < -0.3 is 15.4 Å². The Labute approximate surface area is 102 Å². The number of hydrogen-bond acceptors (Lipinski definition) is 3. The number of hydrogen-bond donors (Lipinski definition) is 3. The van der Waals surface area contributed by atoms with E-state index in [1.54, 1.807) is 24.3 Å². The molecule has 0 saturated heterocycles. The summed E-state index contributed by atoms with van der Waals surface area (Å²) in [5.41, 5.74) is 0.493. The summed E-state index contributed by atoms with van der Waals surface area (Å²) < 4.78 is 0. The molecule has 0 spiro atoms. The second-order valence-electron chi connectivity index (χ2n) is 4.69. The molecule has 0 saturated carbocycles. The molecule has 17 heavy (non-hydrogen) atoms. The van der Waals surface area contributed by atoms with Gasteiger partial charge in [0, 0.05) is 11.1 Å². The molecule has 0 aliphatic carbocycles. The molecule has 1 rings (SSSR count). The van der Waals surface area contributed by atoms with Crippen LogP contribution in [-0.2, 0) is 4.79 Å². The van der Waals surface area contributed by atoms with E-state index in [0.717, 1.165) is 6.42 Å². The van der Waals surface area contributed by atoms with Crippen LogP contribution in [0.4, 0.5) is 5.69 Å². The van der Waals surface area contributed by atoms with E-state index in [4.69, 9.17) is 10.0 Å². The van der Waals surface area contributed by atoms with Crippen LogP contribution in [-0.4, -0.2) is 23.1 Å². The third kappa shape index (κ3) is 3.58. The van der Waals surface area contributed by atoms with Crippen molar-refractivity contribution in [3.05, 3.63) is 24.3 Å². The lowest BCUT2D eigenvalue weighted by atomic mass is 9.80. The second-order valence-corrected chi connectivity index (χ2v) is 4.69. The Morgan fingerprint density at radius 2 is 2.06 bits per heavy atom. The largest absolute Gasteiger partial charge is 0.488 e. The summed E-state index contributed by atoms with van der Waals surface area (Å²) in [4.78, 5) is 11.9. The molecule has 3 N–H and O–H groups in total. The van der Waals surface area contributed by atoms with Crippen LogP contribution in [0.2, 0.25) is 0 Å². The molecule has 0 bridgehead atoms. The van der Waals surface area contributed by atoms with Gasteiger partial charge in [0.25, 0.3) is 0 Å². The van der Waals surface area contributed by atoms with Gasteiger partial charge in [-0.05, 0) is 24.0 Å². The van der Waals surface area contributed by atoms with Crippen molar-refractivity contribution < 1.29 is 14.8 Å². The average molecular weight is 235 g/mol. The molecule has 0 unspecified atom stereocenters. The third-order valence-electron chi connectivity index (χ3n) is 2.94. The highest BCUT2D eigenvalue weighted by molar-refractivity contribution is 6.58. The minimum absolute atomic E-state index is 0.0791. The quantitative estimate of drug-likeness (QED) is 0.674. The van der Waals surface area contributed by atoms with Crippen LogP contribution in [0.5, 0.6) is 0 Å². The Hall–Kier alpha value is -1.33. The van der Waals surface area contributed by atoms with E-state index in [0.29, 0.717) is 11.2 Å². The molecule has 0 radical (unpaired) electrons. The zero-order valence-corrected chi connectivity index (χ0v) is 10.4. The molecular weight excluding hydrogens is 217 g/mol. The SMILES string of the molecule is CCC(C)(C)C(=O)Nc1cccc(B(O)O)c1. The van der Waals surface area contributed by atoms with Gasteiger partial charge in [-0.1, -0.05) is 32.9 Å². The average Bonchev–Trinajstić information content (AvgIpc) is 2.29. The number of carbonyl (C=O) groups excluding carboxylic acids is 1. The first kappa shape index (κ1) is 13.7. The van der Waals surface area contributed by atoms with Crippen LogP contribution in [0, 0.1) is 5.41 Å². The lowest BCUT2D eigenvalue weighted by molar-refractivity contribution is -0.124. The zero-order chi connectivity index (χ0) is 13.1.